The van der Waals surface area contributed by atoms with Crippen LogP contribution < -0.4 is 4.74 Å². The number of carboxylic acids is 1. The summed E-state index contributed by atoms with van der Waals surface area (Å²) in [5.74, 6) is -1.03. The van der Waals surface area contributed by atoms with Crippen molar-refractivity contribution in [1.82, 2.24) is 0 Å². The van der Waals surface area contributed by atoms with Crippen molar-refractivity contribution >= 4 is 17.3 Å². The summed E-state index contributed by atoms with van der Waals surface area (Å²) in [4.78, 5) is 11.3. The molecule has 1 aromatic carbocycles. The molecule has 2 aromatic rings. The number of aromatic carboxylic acids is 1. The van der Waals surface area contributed by atoms with Gasteiger partial charge in [-0.3, -0.25) is 0 Å². The SMILES string of the molecule is O=C(O)c1cc2c(s1)-c1c(cccc1C(F)(F)F)OC2. The number of halogens is 3. The van der Waals surface area contributed by atoms with Crippen LogP contribution >= 0.6 is 11.3 Å². The van der Waals surface area contributed by atoms with Gasteiger partial charge in [0.05, 0.1) is 5.56 Å². The van der Waals surface area contributed by atoms with Gasteiger partial charge in [0, 0.05) is 16.0 Å². The van der Waals surface area contributed by atoms with Crippen molar-refractivity contribution < 1.29 is 27.8 Å². The number of carboxylic acid groups (broad SMARTS) is 1. The number of fused-ring (bicyclic) bond motifs is 3. The highest BCUT2D eigenvalue weighted by Gasteiger charge is 2.37. The van der Waals surface area contributed by atoms with Crippen LogP contribution in [-0.2, 0) is 12.8 Å². The topological polar surface area (TPSA) is 46.5 Å². The molecule has 0 saturated carbocycles. The van der Waals surface area contributed by atoms with E-state index in [4.69, 9.17) is 9.84 Å². The summed E-state index contributed by atoms with van der Waals surface area (Å²) in [6.45, 7) is 0.0768. The summed E-state index contributed by atoms with van der Waals surface area (Å²) in [6, 6.07) is 5.06. The van der Waals surface area contributed by atoms with Crippen molar-refractivity contribution in [1.29, 1.82) is 0 Å². The Morgan fingerprint density at radius 2 is 2.10 bits per heavy atom. The zero-order chi connectivity index (χ0) is 14.5. The molecule has 0 aliphatic carbocycles. The Bertz CT molecular complexity index is 703. The molecular formula is C13H7F3O3S. The summed E-state index contributed by atoms with van der Waals surface area (Å²) in [6.07, 6.45) is -4.52. The summed E-state index contributed by atoms with van der Waals surface area (Å²) in [5.41, 5.74) is -0.412. The summed E-state index contributed by atoms with van der Waals surface area (Å²) in [7, 11) is 0. The smallest absolute Gasteiger partial charge is 0.417 e. The van der Waals surface area contributed by atoms with Crippen LogP contribution in [0.4, 0.5) is 13.2 Å². The average Bonchev–Trinajstić information content (AvgIpc) is 2.81. The number of hydrogen-bond acceptors (Lipinski definition) is 3. The molecule has 20 heavy (non-hydrogen) atoms. The third-order valence-electron chi connectivity index (χ3n) is 2.96. The Balaban J connectivity index is 2.27. The van der Waals surface area contributed by atoms with Crippen molar-refractivity contribution in [2.45, 2.75) is 12.8 Å². The lowest BCUT2D eigenvalue weighted by Gasteiger charge is -2.21. The van der Waals surface area contributed by atoms with Gasteiger partial charge < -0.3 is 9.84 Å². The lowest BCUT2D eigenvalue weighted by molar-refractivity contribution is -0.137. The molecule has 7 heteroatoms. The van der Waals surface area contributed by atoms with Crippen LogP contribution in [0.1, 0.15) is 20.8 Å². The Labute approximate surface area is 115 Å². The highest BCUT2D eigenvalue weighted by molar-refractivity contribution is 7.17. The van der Waals surface area contributed by atoms with E-state index in [2.05, 4.69) is 0 Å². The van der Waals surface area contributed by atoms with E-state index in [1.165, 1.54) is 18.2 Å². The van der Waals surface area contributed by atoms with Gasteiger partial charge in [0.15, 0.2) is 0 Å². The van der Waals surface area contributed by atoms with E-state index in [-0.39, 0.29) is 22.8 Å². The fourth-order valence-corrected chi connectivity index (χ4v) is 3.20. The maximum absolute atomic E-state index is 13.1. The van der Waals surface area contributed by atoms with Gasteiger partial charge in [0.1, 0.15) is 17.2 Å². The van der Waals surface area contributed by atoms with E-state index in [0.29, 0.717) is 10.4 Å². The lowest BCUT2D eigenvalue weighted by atomic mass is 10.00. The third kappa shape index (κ3) is 1.94. The molecule has 2 heterocycles. The third-order valence-corrected chi connectivity index (χ3v) is 4.14. The maximum atomic E-state index is 13.1. The molecule has 1 aromatic heterocycles. The Morgan fingerprint density at radius 3 is 2.75 bits per heavy atom. The number of hydrogen-bond donors (Lipinski definition) is 1. The van der Waals surface area contributed by atoms with Gasteiger partial charge in [-0.15, -0.1) is 11.3 Å². The van der Waals surface area contributed by atoms with Gasteiger partial charge in [-0.25, -0.2) is 4.79 Å². The van der Waals surface area contributed by atoms with Crippen LogP contribution in [0.2, 0.25) is 0 Å². The first-order valence-corrected chi connectivity index (χ1v) is 6.39. The van der Waals surface area contributed by atoms with E-state index >= 15 is 0 Å². The minimum absolute atomic E-state index is 0.00317. The second kappa shape index (κ2) is 4.24. The first-order chi connectivity index (χ1) is 9.38. The molecule has 0 radical (unpaired) electrons. The van der Waals surface area contributed by atoms with Gasteiger partial charge in [0.2, 0.25) is 0 Å². The van der Waals surface area contributed by atoms with Crippen molar-refractivity contribution in [2.24, 2.45) is 0 Å². The van der Waals surface area contributed by atoms with Gasteiger partial charge in [-0.1, -0.05) is 6.07 Å². The Kier molecular flexibility index (Phi) is 2.75. The van der Waals surface area contributed by atoms with Crippen LogP contribution in [0.25, 0.3) is 10.4 Å². The molecule has 0 spiro atoms. The molecule has 104 valence electrons. The second-order valence-corrected chi connectivity index (χ2v) is 5.29. The number of alkyl halides is 3. The van der Waals surface area contributed by atoms with Gasteiger partial charge >= 0.3 is 12.1 Å². The van der Waals surface area contributed by atoms with Crippen LogP contribution in [0.15, 0.2) is 24.3 Å². The maximum Gasteiger partial charge on any atom is 0.417 e. The van der Waals surface area contributed by atoms with E-state index in [9.17, 15) is 18.0 Å². The zero-order valence-corrected chi connectivity index (χ0v) is 10.6. The van der Waals surface area contributed by atoms with Crippen LogP contribution in [0.3, 0.4) is 0 Å². The average molecular weight is 300 g/mol. The minimum atomic E-state index is -4.52. The predicted octanol–water partition coefficient (Wildman–Crippen LogP) is 4.02. The van der Waals surface area contributed by atoms with E-state index in [1.54, 1.807) is 0 Å². The monoisotopic (exact) mass is 300 g/mol. The summed E-state index contributed by atoms with van der Waals surface area (Å²) < 4.78 is 44.5. The Morgan fingerprint density at radius 1 is 1.35 bits per heavy atom. The van der Waals surface area contributed by atoms with Crippen LogP contribution in [0, 0.1) is 0 Å². The normalized spacial score (nSPS) is 13.3. The zero-order valence-electron chi connectivity index (χ0n) is 9.82. The molecule has 3 nitrogen and oxygen atoms in total. The van der Waals surface area contributed by atoms with Crippen LogP contribution in [0.5, 0.6) is 5.75 Å². The van der Waals surface area contributed by atoms with Crippen molar-refractivity contribution in [3.63, 3.8) is 0 Å². The fraction of sp³-hybridized carbons (Fsp3) is 0.154. The molecule has 1 N–H and O–H groups in total. The molecule has 1 aliphatic rings. The highest BCUT2D eigenvalue weighted by atomic mass is 32.1. The lowest BCUT2D eigenvalue weighted by Crippen LogP contribution is -2.11. The van der Waals surface area contributed by atoms with E-state index < -0.39 is 17.7 Å². The largest absolute Gasteiger partial charge is 0.488 e. The number of ether oxygens (including phenoxy) is 1. The number of benzene rings is 1. The van der Waals surface area contributed by atoms with Crippen LogP contribution in [-0.4, -0.2) is 11.1 Å². The number of rotatable bonds is 1. The Hall–Kier alpha value is -2.02. The molecule has 0 saturated heterocycles. The quantitative estimate of drug-likeness (QED) is 0.865. The fourth-order valence-electron chi connectivity index (χ4n) is 2.13. The molecule has 0 atom stereocenters. The first kappa shape index (κ1) is 13.0. The summed E-state index contributed by atoms with van der Waals surface area (Å²) >= 11 is 0.837. The van der Waals surface area contributed by atoms with Crippen molar-refractivity contribution in [3.8, 4) is 16.2 Å². The molecule has 0 bridgehead atoms. The molecule has 3 rings (SSSR count). The molecule has 0 unspecified atom stereocenters. The first-order valence-electron chi connectivity index (χ1n) is 5.57. The van der Waals surface area contributed by atoms with E-state index in [0.717, 1.165) is 17.4 Å². The van der Waals surface area contributed by atoms with Gasteiger partial charge in [-0.05, 0) is 18.2 Å². The summed E-state index contributed by atoms with van der Waals surface area (Å²) in [5, 5.41) is 8.96. The standard InChI is InChI=1S/C13H7F3O3S/c14-13(15,16)7-2-1-3-8-10(7)11-6(5-19-8)4-9(20-11)12(17)18/h1-4H,5H2,(H,17,18). The molecular weight excluding hydrogens is 293 g/mol. The molecule has 1 aliphatic heterocycles. The van der Waals surface area contributed by atoms with E-state index in [1.807, 2.05) is 0 Å². The minimum Gasteiger partial charge on any atom is -0.488 e. The predicted molar refractivity (Wildman–Crippen MR) is 66.0 cm³/mol. The van der Waals surface area contributed by atoms with Crippen molar-refractivity contribution in [2.75, 3.05) is 0 Å². The van der Waals surface area contributed by atoms with Crippen molar-refractivity contribution in [3.05, 3.63) is 40.3 Å². The number of carbonyl (C=O) groups is 1. The number of thiophene rings is 1. The highest BCUT2D eigenvalue weighted by Crippen LogP contribution is 2.48. The van der Waals surface area contributed by atoms with Gasteiger partial charge in [0.25, 0.3) is 0 Å². The second-order valence-electron chi connectivity index (χ2n) is 4.24. The van der Waals surface area contributed by atoms with Gasteiger partial charge in [-0.2, -0.15) is 13.2 Å². The molecule has 0 fully saturated rings. The molecule has 0 amide bonds.